The van der Waals surface area contributed by atoms with Gasteiger partial charge in [-0.1, -0.05) is 46.4 Å². The number of pyridine rings is 1. The van der Waals surface area contributed by atoms with Crippen molar-refractivity contribution in [1.82, 2.24) is 9.88 Å². The van der Waals surface area contributed by atoms with Crippen LogP contribution >= 0.6 is 46.4 Å². The number of anilines is 1. The Kier molecular flexibility index (Phi) is 6.94. The summed E-state index contributed by atoms with van der Waals surface area (Å²) in [6, 6.07) is 6.75. The van der Waals surface area contributed by atoms with E-state index in [0.717, 1.165) is 4.90 Å². The zero-order valence-electron chi connectivity index (χ0n) is 13.6. The van der Waals surface area contributed by atoms with Crippen LogP contribution in [-0.2, 0) is 4.79 Å². The van der Waals surface area contributed by atoms with Crippen molar-refractivity contribution in [3.8, 4) is 5.75 Å². The Labute approximate surface area is 169 Å². The molecule has 1 aromatic carbocycles. The number of nitrogens with one attached hydrogen (secondary N) is 1. The first kappa shape index (κ1) is 20.6. The predicted molar refractivity (Wildman–Crippen MR) is 103 cm³/mol. The Bertz CT molecular complexity index is 844. The molecule has 26 heavy (non-hydrogen) atoms. The minimum atomic E-state index is -0.625. The molecule has 0 unspecified atom stereocenters. The fraction of sp³-hybridized carbons (Fsp3) is 0.188. The number of aromatic nitrogens is 1. The largest absolute Gasteiger partial charge is 0.497 e. The van der Waals surface area contributed by atoms with E-state index in [1.165, 1.54) is 7.05 Å². The summed E-state index contributed by atoms with van der Waals surface area (Å²) in [5.74, 6) is -0.374. The van der Waals surface area contributed by atoms with E-state index in [4.69, 9.17) is 51.1 Å². The maximum absolute atomic E-state index is 12.5. The molecule has 0 fully saturated rings. The van der Waals surface area contributed by atoms with Gasteiger partial charge in [-0.05, 0) is 24.3 Å². The second kappa shape index (κ2) is 8.77. The molecule has 2 amide bonds. The van der Waals surface area contributed by atoms with Gasteiger partial charge in [-0.25, -0.2) is 4.98 Å². The second-order valence-corrected chi connectivity index (χ2v) is 6.62. The summed E-state index contributed by atoms with van der Waals surface area (Å²) in [6.07, 6.45) is 0. The topological polar surface area (TPSA) is 71.5 Å². The van der Waals surface area contributed by atoms with Crippen molar-refractivity contribution in [2.45, 2.75) is 0 Å². The van der Waals surface area contributed by atoms with Gasteiger partial charge in [0, 0.05) is 12.7 Å². The van der Waals surface area contributed by atoms with Gasteiger partial charge in [0.25, 0.3) is 5.91 Å². The van der Waals surface area contributed by atoms with E-state index in [9.17, 15) is 9.59 Å². The number of halogens is 4. The number of benzene rings is 1. The number of amides is 2. The van der Waals surface area contributed by atoms with Crippen LogP contribution in [0.3, 0.4) is 0 Å². The van der Waals surface area contributed by atoms with E-state index < -0.39 is 11.8 Å². The zero-order chi connectivity index (χ0) is 19.4. The van der Waals surface area contributed by atoms with Crippen molar-refractivity contribution < 1.29 is 14.3 Å². The Morgan fingerprint density at radius 3 is 2.27 bits per heavy atom. The molecule has 0 bridgehead atoms. The minimum Gasteiger partial charge on any atom is -0.497 e. The number of hydrogen-bond acceptors (Lipinski definition) is 4. The van der Waals surface area contributed by atoms with Crippen molar-refractivity contribution >= 4 is 63.9 Å². The monoisotopic (exact) mass is 435 g/mol. The molecule has 0 atom stereocenters. The smallest absolute Gasteiger partial charge is 0.274 e. The molecule has 0 radical (unpaired) electrons. The van der Waals surface area contributed by atoms with Crippen LogP contribution in [0.5, 0.6) is 5.75 Å². The quantitative estimate of drug-likeness (QED) is 0.704. The number of rotatable bonds is 5. The lowest BCUT2D eigenvalue weighted by atomic mass is 10.3. The Hall–Kier alpha value is -1.73. The lowest BCUT2D eigenvalue weighted by molar-refractivity contribution is -0.116. The minimum absolute atomic E-state index is 0.0465. The molecule has 0 aliphatic rings. The number of likely N-dealkylation sites (N-methyl/N-ethyl adjacent to an activating group) is 1. The van der Waals surface area contributed by atoms with Crippen molar-refractivity contribution in [3.05, 3.63) is 50.2 Å². The van der Waals surface area contributed by atoms with Crippen LogP contribution in [-0.4, -0.2) is 42.4 Å². The predicted octanol–water partition coefficient (Wildman–Crippen LogP) is 4.41. The lowest BCUT2D eigenvalue weighted by Gasteiger charge is -2.18. The van der Waals surface area contributed by atoms with Gasteiger partial charge in [0.1, 0.15) is 16.6 Å². The van der Waals surface area contributed by atoms with Gasteiger partial charge in [-0.3, -0.25) is 9.59 Å². The van der Waals surface area contributed by atoms with E-state index >= 15 is 0 Å². The van der Waals surface area contributed by atoms with Crippen LogP contribution in [0.2, 0.25) is 20.2 Å². The van der Waals surface area contributed by atoms with E-state index in [-0.39, 0.29) is 32.5 Å². The van der Waals surface area contributed by atoms with Gasteiger partial charge < -0.3 is 15.0 Å². The van der Waals surface area contributed by atoms with Gasteiger partial charge >= 0.3 is 0 Å². The Morgan fingerprint density at radius 2 is 1.69 bits per heavy atom. The molecule has 0 saturated carbocycles. The molecule has 0 spiro atoms. The third kappa shape index (κ3) is 4.71. The first-order valence-corrected chi connectivity index (χ1v) is 8.65. The van der Waals surface area contributed by atoms with Gasteiger partial charge in [-0.15, -0.1) is 0 Å². The second-order valence-electron chi connectivity index (χ2n) is 5.13. The van der Waals surface area contributed by atoms with Gasteiger partial charge in [0.2, 0.25) is 5.91 Å². The summed E-state index contributed by atoms with van der Waals surface area (Å²) in [7, 11) is 2.97. The Balaban J connectivity index is 2.07. The van der Waals surface area contributed by atoms with Crippen LogP contribution in [0.25, 0.3) is 0 Å². The Morgan fingerprint density at radius 1 is 1.08 bits per heavy atom. The van der Waals surface area contributed by atoms with Crippen LogP contribution < -0.4 is 10.1 Å². The summed E-state index contributed by atoms with van der Waals surface area (Å²) in [5.41, 5.74) is 0.371. The van der Waals surface area contributed by atoms with Crippen molar-refractivity contribution in [2.75, 3.05) is 26.0 Å². The number of carbonyl (C=O) groups excluding carboxylic acids is 2. The summed E-state index contributed by atoms with van der Waals surface area (Å²) in [5, 5.41) is 2.26. The zero-order valence-corrected chi connectivity index (χ0v) is 16.7. The molecule has 138 valence electrons. The van der Waals surface area contributed by atoms with Crippen molar-refractivity contribution in [3.63, 3.8) is 0 Å². The fourth-order valence-corrected chi connectivity index (χ4v) is 2.78. The van der Waals surface area contributed by atoms with Gasteiger partial charge in [-0.2, -0.15) is 0 Å². The molecule has 10 heteroatoms. The van der Waals surface area contributed by atoms with E-state index in [0.29, 0.717) is 11.4 Å². The average Bonchev–Trinajstić information content (AvgIpc) is 2.62. The molecule has 2 aromatic rings. The number of methoxy groups -OCH3 is 1. The van der Waals surface area contributed by atoms with Crippen LogP contribution in [0.1, 0.15) is 10.5 Å². The highest BCUT2D eigenvalue weighted by Crippen LogP contribution is 2.36. The molecule has 1 heterocycles. The normalized spacial score (nSPS) is 10.4. The molecule has 2 rings (SSSR count). The highest BCUT2D eigenvalue weighted by Gasteiger charge is 2.24. The molecule has 0 aliphatic heterocycles. The van der Waals surface area contributed by atoms with E-state index in [1.54, 1.807) is 31.4 Å². The average molecular weight is 437 g/mol. The SMILES string of the molecule is COc1ccc(NC(=O)CN(C)C(=O)c2nc(Cl)c(Cl)c(Cl)c2Cl)cc1. The lowest BCUT2D eigenvalue weighted by Crippen LogP contribution is -2.35. The third-order valence-corrected chi connectivity index (χ3v) is 4.97. The highest BCUT2D eigenvalue weighted by molar-refractivity contribution is 6.52. The van der Waals surface area contributed by atoms with Crippen molar-refractivity contribution in [1.29, 1.82) is 0 Å². The molecule has 1 N–H and O–H groups in total. The highest BCUT2D eigenvalue weighted by atomic mass is 35.5. The van der Waals surface area contributed by atoms with Gasteiger partial charge in [0.15, 0.2) is 0 Å². The molecule has 0 aliphatic carbocycles. The maximum Gasteiger partial charge on any atom is 0.274 e. The van der Waals surface area contributed by atoms with Crippen LogP contribution in [0, 0.1) is 0 Å². The fourth-order valence-electron chi connectivity index (χ4n) is 1.97. The first-order valence-electron chi connectivity index (χ1n) is 7.14. The van der Waals surface area contributed by atoms with E-state index in [1.807, 2.05) is 0 Å². The van der Waals surface area contributed by atoms with Crippen molar-refractivity contribution in [2.24, 2.45) is 0 Å². The first-order chi connectivity index (χ1) is 12.2. The van der Waals surface area contributed by atoms with Crippen LogP contribution in [0.4, 0.5) is 5.69 Å². The molecular weight excluding hydrogens is 424 g/mol. The summed E-state index contributed by atoms with van der Waals surface area (Å²) in [4.78, 5) is 29.6. The molecule has 0 saturated heterocycles. The number of hydrogen-bond donors (Lipinski definition) is 1. The van der Waals surface area contributed by atoms with Gasteiger partial charge in [0.05, 0.1) is 28.7 Å². The molecule has 1 aromatic heterocycles. The summed E-state index contributed by atoms with van der Waals surface area (Å²) in [6.45, 7) is -0.235. The third-order valence-electron chi connectivity index (χ3n) is 3.29. The molecular formula is C16H13Cl4N3O3. The summed E-state index contributed by atoms with van der Waals surface area (Å²) < 4.78 is 5.04. The number of carbonyl (C=O) groups is 2. The number of ether oxygens (including phenoxy) is 1. The maximum atomic E-state index is 12.5. The standard InChI is InChI=1S/C16H13Cl4N3O3/c1-23(7-10(24)21-8-3-5-9(26-2)6-4-8)16(25)14-12(18)11(17)13(19)15(20)22-14/h3-6H,7H2,1-2H3,(H,21,24). The molecule has 6 nitrogen and oxygen atoms in total. The van der Waals surface area contributed by atoms with E-state index in [2.05, 4.69) is 10.3 Å². The van der Waals surface area contributed by atoms with Crippen LogP contribution in [0.15, 0.2) is 24.3 Å². The number of nitrogens with zero attached hydrogens (tertiary/aromatic N) is 2. The summed E-state index contributed by atoms with van der Waals surface area (Å²) >= 11 is 23.6.